The van der Waals surface area contributed by atoms with E-state index in [4.69, 9.17) is 0 Å². The van der Waals surface area contributed by atoms with Crippen molar-refractivity contribution in [2.75, 3.05) is 7.05 Å². The minimum atomic E-state index is 0.507. The number of hydrogen-bond acceptors (Lipinski definition) is 1. The Morgan fingerprint density at radius 2 is 1.74 bits per heavy atom. The van der Waals surface area contributed by atoms with Crippen LogP contribution in [0, 0.1) is 5.92 Å². The van der Waals surface area contributed by atoms with Crippen LogP contribution in [0.4, 0.5) is 0 Å². The standard InChI is InChI=1S/C18H31N/c1-5-8-9-16(7-3)14-18(19-4)17-12-10-15(6-2)11-13-17/h10-13,16,18-19H,5-9,14H2,1-4H3. The van der Waals surface area contributed by atoms with E-state index in [0.717, 1.165) is 12.3 Å². The maximum atomic E-state index is 3.50. The molecule has 2 atom stereocenters. The van der Waals surface area contributed by atoms with Gasteiger partial charge in [0.25, 0.3) is 0 Å². The number of unbranched alkanes of at least 4 members (excludes halogenated alkanes) is 1. The molecule has 1 rings (SSSR count). The Morgan fingerprint density at radius 1 is 1.05 bits per heavy atom. The second kappa shape index (κ2) is 9.14. The first-order chi connectivity index (χ1) is 9.24. The van der Waals surface area contributed by atoms with Crippen LogP contribution in [0.5, 0.6) is 0 Å². The van der Waals surface area contributed by atoms with E-state index in [1.54, 1.807) is 0 Å². The fourth-order valence-electron chi connectivity index (χ4n) is 2.72. The molecule has 0 aromatic heterocycles. The molecule has 1 aromatic carbocycles. The summed E-state index contributed by atoms with van der Waals surface area (Å²) in [5, 5.41) is 3.50. The van der Waals surface area contributed by atoms with E-state index in [1.165, 1.54) is 43.2 Å². The third-order valence-electron chi connectivity index (χ3n) is 4.25. The molecule has 0 bridgehead atoms. The van der Waals surface area contributed by atoms with Crippen LogP contribution in [0.2, 0.25) is 0 Å². The maximum absolute atomic E-state index is 3.50. The summed E-state index contributed by atoms with van der Waals surface area (Å²) in [5.74, 6) is 0.850. The van der Waals surface area contributed by atoms with E-state index in [0.29, 0.717) is 6.04 Å². The van der Waals surface area contributed by atoms with E-state index in [-0.39, 0.29) is 0 Å². The van der Waals surface area contributed by atoms with Gasteiger partial charge in [-0.15, -0.1) is 0 Å². The molecule has 0 saturated heterocycles. The van der Waals surface area contributed by atoms with Crippen LogP contribution in [0.25, 0.3) is 0 Å². The quantitative estimate of drug-likeness (QED) is 0.651. The van der Waals surface area contributed by atoms with Crippen LogP contribution in [0.15, 0.2) is 24.3 Å². The fourth-order valence-corrected chi connectivity index (χ4v) is 2.72. The van der Waals surface area contributed by atoms with Crippen LogP contribution in [-0.2, 0) is 6.42 Å². The smallest absolute Gasteiger partial charge is 0.0320 e. The van der Waals surface area contributed by atoms with Crippen LogP contribution < -0.4 is 5.32 Å². The molecule has 0 aliphatic rings. The lowest BCUT2D eigenvalue weighted by molar-refractivity contribution is 0.365. The number of nitrogens with one attached hydrogen (secondary N) is 1. The SMILES string of the molecule is CCCCC(CC)CC(NC)c1ccc(CC)cc1. The third kappa shape index (κ3) is 5.36. The summed E-state index contributed by atoms with van der Waals surface area (Å²) in [6, 6.07) is 9.64. The van der Waals surface area contributed by atoms with Crippen molar-refractivity contribution < 1.29 is 0 Å². The Hall–Kier alpha value is -0.820. The lowest BCUT2D eigenvalue weighted by Crippen LogP contribution is -2.20. The van der Waals surface area contributed by atoms with Gasteiger partial charge in [0.2, 0.25) is 0 Å². The second-order valence-electron chi connectivity index (χ2n) is 5.59. The predicted molar refractivity (Wildman–Crippen MR) is 85.5 cm³/mol. The number of benzene rings is 1. The molecule has 2 unspecified atom stereocenters. The van der Waals surface area contributed by atoms with Gasteiger partial charge in [-0.05, 0) is 36.9 Å². The Morgan fingerprint density at radius 3 is 2.21 bits per heavy atom. The minimum Gasteiger partial charge on any atom is -0.313 e. The number of hydrogen-bond donors (Lipinski definition) is 1. The van der Waals surface area contributed by atoms with Crippen molar-refractivity contribution in [2.24, 2.45) is 5.92 Å². The molecule has 1 heteroatoms. The molecule has 1 N–H and O–H groups in total. The Balaban J connectivity index is 2.64. The summed E-state index contributed by atoms with van der Waals surface area (Å²) >= 11 is 0. The molecule has 0 amide bonds. The van der Waals surface area contributed by atoms with Crippen LogP contribution in [0.1, 0.15) is 70.0 Å². The van der Waals surface area contributed by atoms with Gasteiger partial charge in [0, 0.05) is 6.04 Å². The van der Waals surface area contributed by atoms with Gasteiger partial charge >= 0.3 is 0 Å². The zero-order valence-corrected chi connectivity index (χ0v) is 13.2. The largest absolute Gasteiger partial charge is 0.313 e. The summed E-state index contributed by atoms with van der Waals surface area (Å²) in [6.45, 7) is 6.82. The lowest BCUT2D eigenvalue weighted by Gasteiger charge is -2.23. The van der Waals surface area contributed by atoms with Gasteiger partial charge in [0.1, 0.15) is 0 Å². The summed E-state index contributed by atoms with van der Waals surface area (Å²) < 4.78 is 0. The van der Waals surface area contributed by atoms with Crippen molar-refractivity contribution in [3.05, 3.63) is 35.4 Å². The summed E-state index contributed by atoms with van der Waals surface area (Å²) in [6.07, 6.45) is 7.73. The first-order valence-electron chi connectivity index (χ1n) is 8.01. The molecule has 1 nitrogen and oxygen atoms in total. The average molecular weight is 261 g/mol. The van der Waals surface area contributed by atoms with E-state index < -0.39 is 0 Å². The molecule has 0 heterocycles. The normalized spacial score (nSPS) is 14.3. The molecule has 0 saturated carbocycles. The van der Waals surface area contributed by atoms with Crippen LogP contribution in [-0.4, -0.2) is 7.05 Å². The highest BCUT2D eigenvalue weighted by molar-refractivity contribution is 5.25. The zero-order chi connectivity index (χ0) is 14.1. The van der Waals surface area contributed by atoms with Gasteiger partial charge in [-0.1, -0.05) is 70.7 Å². The highest BCUT2D eigenvalue weighted by Gasteiger charge is 2.15. The number of aryl methyl sites for hydroxylation is 1. The first kappa shape index (κ1) is 16.2. The zero-order valence-electron chi connectivity index (χ0n) is 13.2. The molecule has 19 heavy (non-hydrogen) atoms. The van der Waals surface area contributed by atoms with Crippen molar-refractivity contribution in [1.82, 2.24) is 5.32 Å². The molecular formula is C18H31N. The Bertz CT molecular complexity index is 328. The lowest BCUT2D eigenvalue weighted by atomic mass is 9.89. The third-order valence-corrected chi connectivity index (χ3v) is 4.25. The molecule has 1 aromatic rings. The molecular weight excluding hydrogens is 230 g/mol. The summed E-state index contributed by atoms with van der Waals surface area (Å²) in [4.78, 5) is 0. The van der Waals surface area contributed by atoms with Crippen LogP contribution in [0.3, 0.4) is 0 Å². The van der Waals surface area contributed by atoms with Crippen LogP contribution >= 0.6 is 0 Å². The highest BCUT2D eigenvalue weighted by Crippen LogP contribution is 2.26. The summed E-state index contributed by atoms with van der Waals surface area (Å²) in [5.41, 5.74) is 2.87. The van der Waals surface area contributed by atoms with Crippen molar-refractivity contribution in [1.29, 1.82) is 0 Å². The molecule has 0 fully saturated rings. The first-order valence-corrected chi connectivity index (χ1v) is 8.01. The van der Waals surface area contributed by atoms with Gasteiger partial charge < -0.3 is 5.32 Å². The Kier molecular flexibility index (Phi) is 7.81. The van der Waals surface area contributed by atoms with Gasteiger partial charge in [-0.25, -0.2) is 0 Å². The molecule has 0 aliphatic carbocycles. The molecule has 0 spiro atoms. The highest BCUT2D eigenvalue weighted by atomic mass is 14.9. The van der Waals surface area contributed by atoms with E-state index in [9.17, 15) is 0 Å². The fraction of sp³-hybridized carbons (Fsp3) is 0.667. The average Bonchev–Trinajstić information content (AvgIpc) is 2.48. The number of rotatable bonds is 9. The Labute approximate surface area is 119 Å². The molecule has 0 aliphatic heterocycles. The van der Waals surface area contributed by atoms with Gasteiger partial charge in [-0.3, -0.25) is 0 Å². The summed E-state index contributed by atoms with van der Waals surface area (Å²) in [7, 11) is 2.09. The topological polar surface area (TPSA) is 12.0 Å². The van der Waals surface area contributed by atoms with Crippen molar-refractivity contribution >= 4 is 0 Å². The van der Waals surface area contributed by atoms with Crippen molar-refractivity contribution in [3.8, 4) is 0 Å². The van der Waals surface area contributed by atoms with E-state index in [2.05, 4.69) is 57.4 Å². The second-order valence-corrected chi connectivity index (χ2v) is 5.59. The van der Waals surface area contributed by atoms with Crippen molar-refractivity contribution in [3.63, 3.8) is 0 Å². The van der Waals surface area contributed by atoms with Gasteiger partial charge in [0.15, 0.2) is 0 Å². The van der Waals surface area contributed by atoms with Gasteiger partial charge in [-0.2, -0.15) is 0 Å². The predicted octanol–water partition coefficient (Wildman–Crippen LogP) is 5.12. The van der Waals surface area contributed by atoms with Gasteiger partial charge in [0.05, 0.1) is 0 Å². The van der Waals surface area contributed by atoms with E-state index in [1.807, 2.05) is 0 Å². The monoisotopic (exact) mass is 261 g/mol. The van der Waals surface area contributed by atoms with E-state index >= 15 is 0 Å². The molecule has 0 radical (unpaired) electrons. The molecule has 108 valence electrons. The minimum absolute atomic E-state index is 0.507. The van der Waals surface area contributed by atoms with Crippen molar-refractivity contribution in [2.45, 2.75) is 65.3 Å². The maximum Gasteiger partial charge on any atom is 0.0320 e.